The summed E-state index contributed by atoms with van der Waals surface area (Å²) in [6.45, 7) is 3.82. The van der Waals surface area contributed by atoms with Gasteiger partial charge in [-0.15, -0.1) is 0 Å². The van der Waals surface area contributed by atoms with E-state index >= 15 is 0 Å². The predicted octanol–water partition coefficient (Wildman–Crippen LogP) is 3.04. The van der Waals surface area contributed by atoms with Crippen LogP contribution in [0.1, 0.15) is 21.7 Å². The molecule has 0 radical (unpaired) electrons. The monoisotopic (exact) mass is 278 g/mol. The molecule has 0 saturated heterocycles. The number of aromatic nitrogens is 2. The van der Waals surface area contributed by atoms with E-state index in [-0.39, 0.29) is 12.3 Å². The van der Waals surface area contributed by atoms with Crippen LogP contribution in [0.3, 0.4) is 0 Å². The number of carbonyl (C=O) groups excluding carboxylic acids is 1. The molecule has 0 atom stereocenters. The zero-order valence-electron chi connectivity index (χ0n) is 11.1. The Labute approximate surface area is 116 Å². The molecule has 5 heteroatoms. The van der Waals surface area contributed by atoms with Crippen LogP contribution in [-0.2, 0) is 6.54 Å². The lowest BCUT2D eigenvalue weighted by Gasteiger charge is -2.08. The normalized spacial score (nSPS) is 10.5. The highest BCUT2D eigenvalue weighted by atomic mass is 35.5. The van der Waals surface area contributed by atoms with Gasteiger partial charge in [0.05, 0.1) is 29.1 Å². The van der Waals surface area contributed by atoms with Gasteiger partial charge in [0.25, 0.3) is 0 Å². The lowest BCUT2D eigenvalue weighted by atomic mass is 10.1. The molecule has 1 aromatic carbocycles. The Hall–Kier alpha value is -1.81. The van der Waals surface area contributed by atoms with Crippen molar-refractivity contribution in [2.75, 3.05) is 7.11 Å². The Bertz CT molecular complexity index is 620. The third-order valence-corrected chi connectivity index (χ3v) is 3.54. The van der Waals surface area contributed by atoms with Gasteiger partial charge in [0.15, 0.2) is 5.78 Å². The Morgan fingerprint density at radius 1 is 1.37 bits per heavy atom. The summed E-state index contributed by atoms with van der Waals surface area (Å²) in [6, 6.07) is 7.15. The number of Topliss-reactive ketones (excluding diaryl/α,β-unsaturated/α-hetero) is 1. The molecular formula is C14H15ClN2O2. The second kappa shape index (κ2) is 5.45. The lowest BCUT2D eigenvalue weighted by Crippen LogP contribution is -2.14. The van der Waals surface area contributed by atoms with Gasteiger partial charge in [-0.3, -0.25) is 9.48 Å². The van der Waals surface area contributed by atoms with E-state index in [2.05, 4.69) is 5.10 Å². The zero-order chi connectivity index (χ0) is 14.0. The molecule has 0 spiro atoms. The summed E-state index contributed by atoms with van der Waals surface area (Å²) in [4.78, 5) is 12.3. The zero-order valence-corrected chi connectivity index (χ0v) is 11.9. The molecule has 2 aromatic rings. The van der Waals surface area contributed by atoms with E-state index in [1.807, 2.05) is 26.0 Å². The van der Waals surface area contributed by atoms with Crippen molar-refractivity contribution in [2.24, 2.45) is 0 Å². The van der Waals surface area contributed by atoms with E-state index in [0.29, 0.717) is 16.3 Å². The summed E-state index contributed by atoms with van der Waals surface area (Å²) in [5.74, 6) is 0.514. The molecule has 0 aliphatic rings. The Morgan fingerprint density at radius 3 is 2.63 bits per heavy atom. The molecule has 0 saturated carbocycles. The van der Waals surface area contributed by atoms with Crippen molar-refractivity contribution < 1.29 is 9.53 Å². The second-order valence-electron chi connectivity index (χ2n) is 4.27. The molecule has 0 fully saturated rings. The average Bonchev–Trinajstić information content (AvgIpc) is 2.66. The maximum absolute atomic E-state index is 12.3. The molecule has 0 aliphatic carbocycles. The first-order valence-corrected chi connectivity index (χ1v) is 6.28. The van der Waals surface area contributed by atoms with Crippen molar-refractivity contribution in [3.05, 3.63) is 46.2 Å². The topological polar surface area (TPSA) is 44.1 Å². The number of para-hydroxylation sites is 1. The maximum atomic E-state index is 12.3. The second-order valence-corrected chi connectivity index (χ2v) is 4.64. The fourth-order valence-electron chi connectivity index (χ4n) is 1.93. The summed E-state index contributed by atoms with van der Waals surface area (Å²) in [5, 5.41) is 4.86. The van der Waals surface area contributed by atoms with Crippen LogP contribution < -0.4 is 4.74 Å². The predicted molar refractivity (Wildman–Crippen MR) is 74.0 cm³/mol. The Kier molecular flexibility index (Phi) is 3.90. The Balaban J connectivity index is 2.28. The van der Waals surface area contributed by atoms with Gasteiger partial charge in [-0.1, -0.05) is 23.7 Å². The molecule has 0 amide bonds. The molecule has 1 heterocycles. The van der Waals surface area contributed by atoms with Crippen molar-refractivity contribution in [3.8, 4) is 5.75 Å². The van der Waals surface area contributed by atoms with Crippen LogP contribution in [0.4, 0.5) is 0 Å². The number of carbonyl (C=O) groups is 1. The molecule has 2 rings (SSSR count). The molecule has 1 aromatic heterocycles. The minimum Gasteiger partial charge on any atom is -0.496 e. The number of rotatable bonds is 4. The maximum Gasteiger partial charge on any atom is 0.187 e. The van der Waals surface area contributed by atoms with E-state index in [1.54, 1.807) is 23.9 Å². The van der Waals surface area contributed by atoms with Crippen molar-refractivity contribution in [2.45, 2.75) is 20.4 Å². The first kappa shape index (κ1) is 13.6. The van der Waals surface area contributed by atoms with Gasteiger partial charge < -0.3 is 4.74 Å². The highest BCUT2D eigenvalue weighted by Crippen LogP contribution is 2.21. The quantitative estimate of drug-likeness (QED) is 0.808. The van der Waals surface area contributed by atoms with Gasteiger partial charge >= 0.3 is 0 Å². The van der Waals surface area contributed by atoms with Crippen molar-refractivity contribution >= 4 is 17.4 Å². The summed E-state index contributed by atoms with van der Waals surface area (Å²) in [5.41, 5.74) is 2.07. The smallest absolute Gasteiger partial charge is 0.187 e. The molecule has 0 aliphatic heterocycles. The summed E-state index contributed by atoms with van der Waals surface area (Å²) < 4.78 is 6.80. The highest BCUT2D eigenvalue weighted by Gasteiger charge is 2.16. The standard InChI is InChI=1S/C14H15ClN2O2/c1-9-14(15)10(2)17(16-9)8-12(18)11-6-4-5-7-13(11)19-3/h4-7H,8H2,1-3H3. The van der Waals surface area contributed by atoms with Gasteiger partial charge in [0.2, 0.25) is 0 Å². The van der Waals surface area contributed by atoms with Crippen molar-refractivity contribution in [1.29, 1.82) is 0 Å². The molecule has 4 nitrogen and oxygen atoms in total. The average molecular weight is 279 g/mol. The van der Waals surface area contributed by atoms with Crippen LogP contribution in [-0.4, -0.2) is 22.7 Å². The largest absolute Gasteiger partial charge is 0.496 e. The van der Waals surface area contributed by atoms with Gasteiger partial charge in [0, 0.05) is 0 Å². The van der Waals surface area contributed by atoms with Crippen LogP contribution >= 0.6 is 11.6 Å². The molecule has 100 valence electrons. The molecule has 19 heavy (non-hydrogen) atoms. The van der Waals surface area contributed by atoms with E-state index in [4.69, 9.17) is 16.3 Å². The fraction of sp³-hybridized carbons (Fsp3) is 0.286. The number of methoxy groups -OCH3 is 1. The van der Waals surface area contributed by atoms with Gasteiger partial charge in [-0.25, -0.2) is 0 Å². The Morgan fingerprint density at radius 2 is 2.05 bits per heavy atom. The lowest BCUT2D eigenvalue weighted by molar-refractivity contribution is 0.0964. The molecular weight excluding hydrogens is 264 g/mol. The van der Waals surface area contributed by atoms with Crippen LogP contribution in [0.15, 0.2) is 24.3 Å². The minimum atomic E-state index is -0.0558. The third kappa shape index (κ3) is 2.63. The number of ether oxygens (including phenoxy) is 1. The van der Waals surface area contributed by atoms with Crippen LogP contribution in [0, 0.1) is 13.8 Å². The van der Waals surface area contributed by atoms with E-state index in [1.165, 1.54) is 0 Å². The number of halogens is 1. The van der Waals surface area contributed by atoms with Crippen LogP contribution in [0.2, 0.25) is 5.02 Å². The summed E-state index contributed by atoms with van der Waals surface area (Å²) in [6.07, 6.45) is 0. The minimum absolute atomic E-state index is 0.0558. The summed E-state index contributed by atoms with van der Waals surface area (Å²) >= 11 is 6.07. The van der Waals surface area contributed by atoms with Crippen molar-refractivity contribution in [1.82, 2.24) is 9.78 Å². The first-order chi connectivity index (χ1) is 9.04. The number of aryl methyl sites for hydroxylation is 1. The van der Waals surface area contributed by atoms with Crippen molar-refractivity contribution in [3.63, 3.8) is 0 Å². The highest BCUT2D eigenvalue weighted by molar-refractivity contribution is 6.31. The molecule has 0 unspecified atom stereocenters. The molecule has 0 bridgehead atoms. The fourth-order valence-corrected chi connectivity index (χ4v) is 2.06. The van der Waals surface area contributed by atoms with Crippen LogP contribution in [0.25, 0.3) is 0 Å². The van der Waals surface area contributed by atoms with Gasteiger partial charge in [-0.2, -0.15) is 5.10 Å². The molecule has 0 N–H and O–H groups in total. The number of hydrogen-bond acceptors (Lipinski definition) is 3. The number of benzene rings is 1. The summed E-state index contributed by atoms with van der Waals surface area (Å²) in [7, 11) is 1.55. The number of ketones is 1. The van der Waals surface area contributed by atoms with E-state index in [0.717, 1.165) is 11.4 Å². The SMILES string of the molecule is COc1ccccc1C(=O)Cn1nc(C)c(Cl)c1C. The van der Waals surface area contributed by atoms with Gasteiger partial charge in [0.1, 0.15) is 12.3 Å². The van der Waals surface area contributed by atoms with E-state index in [9.17, 15) is 4.79 Å². The first-order valence-electron chi connectivity index (χ1n) is 5.90. The number of nitrogens with zero attached hydrogens (tertiary/aromatic N) is 2. The van der Waals surface area contributed by atoms with E-state index < -0.39 is 0 Å². The number of hydrogen-bond donors (Lipinski definition) is 0. The van der Waals surface area contributed by atoms with Gasteiger partial charge in [-0.05, 0) is 26.0 Å². The van der Waals surface area contributed by atoms with Crippen LogP contribution in [0.5, 0.6) is 5.75 Å². The third-order valence-electron chi connectivity index (χ3n) is 2.99.